The van der Waals surface area contributed by atoms with Gasteiger partial charge in [-0.05, 0) is 80.6 Å². The Morgan fingerprint density at radius 1 is 0.951 bits per heavy atom. The Morgan fingerprint density at radius 2 is 1.73 bits per heavy atom. The molecule has 12 heteroatoms. The van der Waals surface area contributed by atoms with Gasteiger partial charge < -0.3 is 25.2 Å². The van der Waals surface area contributed by atoms with Gasteiger partial charge in [0, 0.05) is 36.6 Å². The molecular formula is C29H35N7O3S2. The van der Waals surface area contributed by atoms with Gasteiger partial charge in [0.05, 0.1) is 35.0 Å². The van der Waals surface area contributed by atoms with Crippen molar-refractivity contribution in [3.63, 3.8) is 0 Å². The largest absolute Gasteiger partial charge is 0.494 e. The number of hydrogen-bond donors (Lipinski definition) is 3. The van der Waals surface area contributed by atoms with E-state index in [1.807, 2.05) is 23.6 Å². The Labute approximate surface area is 244 Å². The van der Waals surface area contributed by atoms with Crippen LogP contribution in [0.1, 0.15) is 25.7 Å². The molecule has 2 aliphatic heterocycles. The Bertz CT molecular complexity index is 1630. The summed E-state index contributed by atoms with van der Waals surface area (Å²) in [5.74, 6) is 1.79. The summed E-state index contributed by atoms with van der Waals surface area (Å²) in [6.07, 6.45) is 6.19. The quantitative estimate of drug-likeness (QED) is 0.228. The molecule has 2 saturated heterocycles. The average Bonchev–Trinajstić information content (AvgIpc) is 3.66. The van der Waals surface area contributed by atoms with Crippen molar-refractivity contribution >= 4 is 66.1 Å². The van der Waals surface area contributed by atoms with E-state index in [1.165, 1.54) is 50.1 Å². The van der Waals surface area contributed by atoms with Crippen LogP contribution in [0.3, 0.4) is 0 Å². The van der Waals surface area contributed by atoms with E-state index in [1.54, 1.807) is 25.3 Å². The number of nitrogens with zero attached hydrogens (tertiary/aromatic N) is 4. The molecule has 10 nitrogen and oxygen atoms in total. The molecule has 4 heterocycles. The van der Waals surface area contributed by atoms with Crippen LogP contribution in [-0.4, -0.2) is 68.9 Å². The molecule has 3 N–H and O–H groups in total. The maximum atomic E-state index is 11.7. The van der Waals surface area contributed by atoms with Crippen LogP contribution in [0, 0.1) is 0 Å². The third-order valence-corrected chi connectivity index (χ3v) is 9.17. The first-order valence-electron chi connectivity index (χ1n) is 13.9. The molecule has 4 aromatic rings. The summed E-state index contributed by atoms with van der Waals surface area (Å²) >= 11 is 1.54. The van der Waals surface area contributed by atoms with Gasteiger partial charge >= 0.3 is 0 Å². The molecule has 0 aliphatic carbocycles. The number of fused-ring (bicyclic) bond motifs is 1. The number of rotatable bonds is 9. The number of ether oxygens (including phenoxy) is 1. The molecule has 0 spiro atoms. The Hall–Kier alpha value is -3.61. The van der Waals surface area contributed by atoms with Crippen molar-refractivity contribution in [2.24, 2.45) is 0 Å². The first kappa shape index (κ1) is 27.6. The molecule has 6 rings (SSSR count). The average molecular weight is 594 g/mol. The van der Waals surface area contributed by atoms with Gasteiger partial charge in [0.25, 0.3) is 0 Å². The summed E-state index contributed by atoms with van der Waals surface area (Å²) in [4.78, 5) is 14.6. The van der Waals surface area contributed by atoms with Crippen LogP contribution < -0.4 is 25.0 Å². The number of likely N-dealkylation sites (tertiary alicyclic amines) is 1. The molecular weight excluding hydrogens is 558 g/mol. The van der Waals surface area contributed by atoms with E-state index < -0.39 is 10.0 Å². The highest BCUT2D eigenvalue weighted by Crippen LogP contribution is 2.35. The summed E-state index contributed by atoms with van der Waals surface area (Å²) in [6.45, 7) is 4.60. The van der Waals surface area contributed by atoms with E-state index in [2.05, 4.69) is 37.3 Å². The summed E-state index contributed by atoms with van der Waals surface area (Å²) < 4.78 is 32.6. The summed E-state index contributed by atoms with van der Waals surface area (Å²) in [5.41, 5.74) is 3.91. The first-order chi connectivity index (χ1) is 19.8. The lowest BCUT2D eigenvalue weighted by molar-refractivity contribution is 0.208. The zero-order valence-electron chi connectivity index (χ0n) is 23.3. The second kappa shape index (κ2) is 11.7. The molecule has 0 amide bonds. The van der Waals surface area contributed by atoms with Crippen molar-refractivity contribution in [2.75, 3.05) is 59.8 Å². The van der Waals surface area contributed by atoms with Crippen LogP contribution in [0.15, 0.2) is 53.9 Å². The molecule has 2 fully saturated rings. The minimum atomic E-state index is -3.39. The van der Waals surface area contributed by atoms with E-state index in [9.17, 15) is 8.42 Å². The molecule has 2 aliphatic rings. The van der Waals surface area contributed by atoms with Gasteiger partial charge in [0.15, 0.2) is 5.82 Å². The molecule has 2 aromatic carbocycles. The number of nitrogens with one attached hydrogen (secondary N) is 3. The van der Waals surface area contributed by atoms with Gasteiger partial charge in [-0.2, -0.15) is 4.98 Å². The third-order valence-electron chi connectivity index (χ3n) is 7.65. The maximum Gasteiger partial charge on any atom is 0.229 e. The molecule has 2 aromatic heterocycles. The van der Waals surface area contributed by atoms with Crippen LogP contribution in [0.25, 0.3) is 10.2 Å². The number of hydrogen-bond acceptors (Lipinski definition) is 10. The summed E-state index contributed by atoms with van der Waals surface area (Å²) in [6, 6.07) is 16.0. The smallest absolute Gasteiger partial charge is 0.229 e. The maximum absolute atomic E-state index is 11.7. The highest BCUT2D eigenvalue weighted by Gasteiger charge is 2.27. The highest BCUT2D eigenvalue weighted by molar-refractivity contribution is 7.92. The van der Waals surface area contributed by atoms with Gasteiger partial charge in [-0.25, -0.2) is 13.4 Å². The third kappa shape index (κ3) is 6.50. The lowest BCUT2D eigenvalue weighted by Crippen LogP contribution is -2.43. The molecule has 0 bridgehead atoms. The Balaban J connectivity index is 1.20. The lowest BCUT2D eigenvalue weighted by atomic mass is 10.0. The zero-order chi connectivity index (χ0) is 28.4. The normalized spacial score (nSPS) is 16.7. The second-order valence-corrected chi connectivity index (χ2v) is 13.2. The van der Waals surface area contributed by atoms with Crippen LogP contribution >= 0.6 is 11.3 Å². The van der Waals surface area contributed by atoms with Crippen molar-refractivity contribution in [3.8, 4) is 5.75 Å². The molecule has 0 radical (unpaired) electrons. The Morgan fingerprint density at radius 3 is 2.49 bits per heavy atom. The van der Waals surface area contributed by atoms with Gasteiger partial charge in [-0.15, -0.1) is 11.3 Å². The fourth-order valence-electron chi connectivity index (χ4n) is 5.71. The number of aromatic nitrogens is 2. The highest BCUT2D eigenvalue weighted by atomic mass is 32.2. The number of thiophene rings is 1. The van der Waals surface area contributed by atoms with Crippen molar-refractivity contribution in [2.45, 2.75) is 31.7 Å². The van der Waals surface area contributed by atoms with E-state index >= 15 is 0 Å². The number of sulfonamides is 1. The minimum Gasteiger partial charge on any atom is -0.494 e. The predicted octanol–water partition coefficient (Wildman–Crippen LogP) is 5.62. The molecule has 41 heavy (non-hydrogen) atoms. The number of piperidine rings is 1. The van der Waals surface area contributed by atoms with Crippen LogP contribution in [0.4, 0.5) is 34.5 Å². The van der Waals surface area contributed by atoms with Crippen molar-refractivity contribution < 1.29 is 13.2 Å². The predicted molar refractivity (Wildman–Crippen MR) is 168 cm³/mol. The van der Waals surface area contributed by atoms with E-state index in [0.717, 1.165) is 46.7 Å². The van der Waals surface area contributed by atoms with Crippen molar-refractivity contribution in [3.05, 3.63) is 53.9 Å². The number of methoxy groups -OCH3 is 1. The Kier molecular flexibility index (Phi) is 7.87. The van der Waals surface area contributed by atoms with E-state index in [4.69, 9.17) is 14.7 Å². The van der Waals surface area contributed by atoms with Crippen LogP contribution in [0.2, 0.25) is 0 Å². The second-order valence-electron chi connectivity index (χ2n) is 10.6. The van der Waals surface area contributed by atoms with Crippen LogP contribution in [0.5, 0.6) is 5.75 Å². The van der Waals surface area contributed by atoms with Gasteiger partial charge in [-0.3, -0.25) is 4.72 Å². The topological polar surface area (TPSA) is 112 Å². The SMILES string of the molecule is COc1cc(N2CCC(N3CCCC3)CC2)ccc1Nc1nc(Nc2cccc(NS(C)(=O)=O)c2)c2sccc2n1. The monoisotopic (exact) mass is 593 g/mol. The summed E-state index contributed by atoms with van der Waals surface area (Å²) in [7, 11) is -1.71. The van der Waals surface area contributed by atoms with Crippen LogP contribution in [-0.2, 0) is 10.0 Å². The van der Waals surface area contributed by atoms with Gasteiger partial charge in [-0.1, -0.05) is 6.07 Å². The fourth-order valence-corrected chi connectivity index (χ4v) is 7.04. The van der Waals surface area contributed by atoms with E-state index in [-0.39, 0.29) is 0 Å². The fraction of sp³-hybridized carbons (Fsp3) is 0.379. The molecule has 216 valence electrons. The molecule has 0 unspecified atom stereocenters. The van der Waals surface area contributed by atoms with Crippen molar-refractivity contribution in [1.82, 2.24) is 14.9 Å². The molecule has 0 atom stereocenters. The standard InChI is InChI=1S/C29H35N7O3S2/c1-39-26-19-23(36-15-10-22(11-16-36)35-13-3-4-14-35)8-9-24(26)31-29-32-25-12-17-40-27(25)28(33-29)30-20-6-5-7-21(18-20)34-41(2,37)38/h5-9,12,17-19,22,34H,3-4,10-11,13-16H2,1-2H3,(H2,30,31,32,33). The molecule has 0 saturated carbocycles. The zero-order valence-corrected chi connectivity index (χ0v) is 24.9. The number of benzene rings is 2. The van der Waals surface area contributed by atoms with Gasteiger partial charge in [0.1, 0.15) is 5.75 Å². The lowest BCUT2D eigenvalue weighted by Gasteiger charge is -2.38. The minimum absolute atomic E-state index is 0.432. The summed E-state index contributed by atoms with van der Waals surface area (Å²) in [5, 5.41) is 8.65. The van der Waals surface area contributed by atoms with Crippen molar-refractivity contribution in [1.29, 1.82) is 0 Å². The first-order valence-corrected chi connectivity index (χ1v) is 16.7. The number of anilines is 6. The van der Waals surface area contributed by atoms with E-state index in [0.29, 0.717) is 29.2 Å². The van der Waals surface area contributed by atoms with Gasteiger partial charge in [0.2, 0.25) is 16.0 Å².